The molecule has 1 atom stereocenters. The molecule has 17 heavy (non-hydrogen) atoms. The van der Waals surface area contributed by atoms with E-state index in [4.69, 9.17) is 4.74 Å². The van der Waals surface area contributed by atoms with Crippen LogP contribution in [-0.4, -0.2) is 26.1 Å². The van der Waals surface area contributed by atoms with Crippen LogP contribution in [0.2, 0.25) is 0 Å². The number of sulfone groups is 1. The Kier molecular flexibility index (Phi) is 2.95. The minimum absolute atomic E-state index is 0.0272. The average molecular weight is 254 g/mol. The molecule has 1 unspecified atom stereocenters. The zero-order chi connectivity index (χ0) is 12.6. The van der Waals surface area contributed by atoms with Crippen molar-refractivity contribution in [3.8, 4) is 5.75 Å². The van der Waals surface area contributed by atoms with Crippen LogP contribution in [-0.2, 0) is 9.84 Å². The molecule has 92 valence electrons. The van der Waals surface area contributed by atoms with Crippen molar-refractivity contribution in [2.75, 3.05) is 6.61 Å². The van der Waals surface area contributed by atoms with E-state index in [9.17, 15) is 13.2 Å². The largest absolute Gasteiger partial charge is 0.493 e. The maximum Gasteiger partial charge on any atom is 0.182 e. The van der Waals surface area contributed by atoms with Crippen molar-refractivity contribution < 1.29 is 17.9 Å². The quantitative estimate of drug-likeness (QED) is 0.808. The second-order valence-corrected chi connectivity index (χ2v) is 6.38. The van der Waals surface area contributed by atoms with Gasteiger partial charge in [0, 0.05) is 6.42 Å². The normalized spacial score (nSPS) is 22.0. The van der Waals surface area contributed by atoms with Crippen molar-refractivity contribution in [3.63, 3.8) is 0 Å². The Morgan fingerprint density at radius 2 is 2.12 bits per heavy atom. The SMILES string of the molecule is CCOc1cccc2c1C(=O)CC(C)S2(=O)=O. The molecule has 1 aliphatic heterocycles. The van der Waals surface area contributed by atoms with Crippen LogP contribution >= 0.6 is 0 Å². The number of hydrogen-bond acceptors (Lipinski definition) is 4. The van der Waals surface area contributed by atoms with Gasteiger partial charge < -0.3 is 4.74 Å². The molecule has 0 spiro atoms. The molecule has 0 fully saturated rings. The summed E-state index contributed by atoms with van der Waals surface area (Å²) in [6, 6.07) is 4.71. The summed E-state index contributed by atoms with van der Waals surface area (Å²) in [5, 5.41) is -0.653. The summed E-state index contributed by atoms with van der Waals surface area (Å²) in [5.74, 6) is 0.205. The fraction of sp³-hybridized carbons (Fsp3) is 0.417. The van der Waals surface area contributed by atoms with E-state index >= 15 is 0 Å². The van der Waals surface area contributed by atoms with E-state index in [-0.39, 0.29) is 22.7 Å². The molecule has 1 aliphatic rings. The molecule has 0 bridgehead atoms. The minimum atomic E-state index is -3.40. The summed E-state index contributed by atoms with van der Waals surface area (Å²) >= 11 is 0. The fourth-order valence-corrected chi connectivity index (χ4v) is 3.56. The summed E-state index contributed by atoms with van der Waals surface area (Å²) in [5.41, 5.74) is 0.215. The van der Waals surface area contributed by atoms with Crippen LogP contribution in [0.4, 0.5) is 0 Å². The van der Waals surface area contributed by atoms with Gasteiger partial charge in [-0.05, 0) is 26.0 Å². The summed E-state index contributed by atoms with van der Waals surface area (Å²) in [7, 11) is -3.40. The Hall–Kier alpha value is -1.36. The molecular weight excluding hydrogens is 240 g/mol. The molecule has 0 amide bonds. The summed E-state index contributed by atoms with van der Waals surface area (Å²) < 4.78 is 29.5. The van der Waals surface area contributed by atoms with Crippen LogP contribution in [0.25, 0.3) is 0 Å². The number of ether oxygens (including phenoxy) is 1. The minimum Gasteiger partial charge on any atom is -0.493 e. The van der Waals surface area contributed by atoms with Gasteiger partial charge in [-0.15, -0.1) is 0 Å². The van der Waals surface area contributed by atoms with Gasteiger partial charge in [-0.25, -0.2) is 8.42 Å². The number of ketones is 1. The Morgan fingerprint density at radius 3 is 2.76 bits per heavy atom. The highest BCUT2D eigenvalue weighted by Gasteiger charge is 2.37. The smallest absolute Gasteiger partial charge is 0.182 e. The van der Waals surface area contributed by atoms with Crippen molar-refractivity contribution in [1.82, 2.24) is 0 Å². The molecule has 1 aromatic carbocycles. The third-order valence-corrected chi connectivity index (χ3v) is 5.06. The van der Waals surface area contributed by atoms with Crippen molar-refractivity contribution >= 4 is 15.6 Å². The van der Waals surface area contributed by atoms with E-state index in [1.807, 2.05) is 0 Å². The van der Waals surface area contributed by atoms with Gasteiger partial charge in [0.1, 0.15) is 5.75 Å². The highest BCUT2D eigenvalue weighted by molar-refractivity contribution is 7.92. The predicted molar refractivity (Wildman–Crippen MR) is 63.2 cm³/mol. The Balaban J connectivity index is 2.70. The lowest BCUT2D eigenvalue weighted by molar-refractivity contribution is 0.0971. The van der Waals surface area contributed by atoms with Gasteiger partial charge in [0.25, 0.3) is 0 Å². The van der Waals surface area contributed by atoms with Gasteiger partial charge in [0.15, 0.2) is 15.6 Å². The molecular formula is C12H14O4S. The van der Waals surface area contributed by atoms with E-state index in [1.165, 1.54) is 6.07 Å². The maximum absolute atomic E-state index is 12.1. The summed E-state index contributed by atoms with van der Waals surface area (Å²) in [6.45, 7) is 3.76. The van der Waals surface area contributed by atoms with Crippen molar-refractivity contribution in [2.24, 2.45) is 0 Å². The van der Waals surface area contributed by atoms with Gasteiger partial charge >= 0.3 is 0 Å². The lowest BCUT2D eigenvalue weighted by Gasteiger charge is -2.22. The first kappa shape index (κ1) is 12.1. The van der Waals surface area contributed by atoms with Crippen LogP contribution < -0.4 is 4.74 Å². The summed E-state index contributed by atoms with van der Waals surface area (Å²) in [6.07, 6.45) is 0.0272. The van der Waals surface area contributed by atoms with Crippen molar-refractivity contribution in [3.05, 3.63) is 23.8 Å². The molecule has 5 heteroatoms. The van der Waals surface area contributed by atoms with E-state index in [2.05, 4.69) is 0 Å². The van der Waals surface area contributed by atoms with Gasteiger partial charge in [0.05, 0.1) is 22.3 Å². The van der Waals surface area contributed by atoms with Crippen molar-refractivity contribution in [1.29, 1.82) is 0 Å². The Morgan fingerprint density at radius 1 is 1.41 bits per heavy atom. The van der Waals surface area contributed by atoms with E-state index < -0.39 is 15.1 Å². The molecule has 4 nitrogen and oxygen atoms in total. The second-order valence-electron chi connectivity index (χ2n) is 4.05. The number of rotatable bonds is 2. The van der Waals surface area contributed by atoms with Crippen LogP contribution in [0.1, 0.15) is 30.6 Å². The third kappa shape index (κ3) is 1.84. The number of Topliss-reactive ketones (excluding diaryl/α,β-unsaturated/α-hetero) is 1. The van der Waals surface area contributed by atoms with Crippen LogP contribution in [0.15, 0.2) is 23.1 Å². The van der Waals surface area contributed by atoms with Crippen LogP contribution in [0, 0.1) is 0 Å². The monoisotopic (exact) mass is 254 g/mol. The van der Waals surface area contributed by atoms with Gasteiger partial charge in [0.2, 0.25) is 0 Å². The molecule has 1 aromatic rings. The van der Waals surface area contributed by atoms with Crippen LogP contribution in [0.3, 0.4) is 0 Å². The van der Waals surface area contributed by atoms with E-state index in [1.54, 1.807) is 26.0 Å². The van der Waals surface area contributed by atoms with E-state index in [0.29, 0.717) is 12.4 Å². The summed E-state index contributed by atoms with van der Waals surface area (Å²) in [4.78, 5) is 12.0. The first-order valence-electron chi connectivity index (χ1n) is 5.51. The van der Waals surface area contributed by atoms with Gasteiger partial charge in [-0.2, -0.15) is 0 Å². The molecule has 1 heterocycles. The zero-order valence-corrected chi connectivity index (χ0v) is 10.6. The number of carbonyl (C=O) groups excluding carboxylic acids is 1. The molecule has 0 N–H and O–H groups in total. The number of carbonyl (C=O) groups is 1. The first-order chi connectivity index (χ1) is 7.98. The molecule has 0 aromatic heterocycles. The average Bonchev–Trinajstić information content (AvgIpc) is 2.27. The van der Waals surface area contributed by atoms with Gasteiger partial charge in [-0.3, -0.25) is 4.79 Å². The number of hydrogen-bond donors (Lipinski definition) is 0. The third-order valence-electron chi connectivity index (χ3n) is 2.88. The number of benzene rings is 1. The molecule has 0 radical (unpaired) electrons. The van der Waals surface area contributed by atoms with E-state index in [0.717, 1.165) is 0 Å². The number of fused-ring (bicyclic) bond motifs is 1. The predicted octanol–water partition coefficient (Wildman–Crippen LogP) is 1.83. The van der Waals surface area contributed by atoms with Crippen molar-refractivity contribution in [2.45, 2.75) is 30.4 Å². The Bertz CT molecular complexity index is 560. The zero-order valence-electron chi connectivity index (χ0n) is 9.76. The highest BCUT2D eigenvalue weighted by Crippen LogP contribution is 2.35. The van der Waals surface area contributed by atoms with Gasteiger partial charge in [-0.1, -0.05) is 6.07 Å². The van der Waals surface area contributed by atoms with Crippen LogP contribution in [0.5, 0.6) is 5.75 Å². The molecule has 0 aliphatic carbocycles. The molecule has 0 saturated heterocycles. The topological polar surface area (TPSA) is 60.4 Å². The molecule has 2 rings (SSSR count). The maximum atomic E-state index is 12.1. The standard InChI is InChI=1S/C12H14O4S/c1-3-16-10-5-4-6-11-12(10)9(13)7-8(2)17(11,14)15/h4-6,8H,3,7H2,1-2H3. The molecule has 0 saturated carbocycles. The highest BCUT2D eigenvalue weighted by atomic mass is 32.2. The fourth-order valence-electron chi connectivity index (χ4n) is 1.99. The second kappa shape index (κ2) is 4.14. The lowest BCUT2D eigenvalue weighted by Crippen LogP contribution is -2.29. The lowest BCUT2D eigenvalue weighted by atomic mass is 10.0. The Labute approximate surface area is 101 Å². The first-order valence-corrected chi connectivity index (χ1v) is 7.06.